The van der Waals surface area contributed by atoms with Crippen molar-refractivity contribution in [3.63, 3.8) is 0 Å². The molecular formula is C30H30N4O3. The number of carbonyl (C=O) groups excluding carboxylic acids is 1. The first kappa shape index (κ1) is 24.5. The van der Waals surface area contributed by atoms with Crippen molar-refractivity contribution in [1.29, 1.82) is 5.26 Å². The fourth-order valence-electron chi connectivity index (χ4n) is 5.24. The van der Waals surface area contributed by atoms with Crippen LogP contribution < -0.4 is 5.73 Å². The van der Waals surface area contributed by atoms with Gasteiger partial charge >= 0.3 is 5.97 Å². The zero-order valence-corrected chi connectivity index (χ0v) is 21.4. The number of hydrogen-bond acceptors (Lipinski definition) is 7. The molecule has 0 amide bonds. The topological polar surface area (TPSA) is 105 Å². The van der Waals surface area contributed by atoms with E-state index >= 15 is 0 Å². The van der Waals surface area contributed by atoms with E-state index < -0.39 is 0 Å². The van der Waals surface area contributed by atoms with E-state index in [0.717, 1.165) is 65.0 Å². The molecule has 1 saturated heterocycles. The van der Waals surface area contributed by atoms with Gasteiger partial charge in [-0.3, -0.25) is 9.69 Å². The SMILES string of the molecule is COC(=O)C1CCN(Cc2cc(C#N)c3oc(-c4cccc(-c5cccc(N)c5C)c4C)nc3c2)CC1. The lowest BCUT2D eigenvalue weighted by Crippen LogP contribution is -2.36. The quantitative estimate of drug-likeness (QED) is 0.284. The van der Waals surface area contributed by atoms with Gasteiger partial charge < -0.3 is 14.9 Å². The molecule has 0 spiro atoms. The second-order valence-corrected chi connectivity index (χ2v) is 9.69. The van der Waals surface area contributed by atoms with Crippen molar-refractivity contribution in [3.8, 4) is 28.7 Å². The number of benzene rings is 3. The number of nitrogen functional groups attached to an aromatic ring is 1. The summed E-state index contributed by atoms with van der Waals surface area (Å²) < 4.78 is 11.1. The molecule has 2 heterocycles. The van der Waals surface area contributed by atoms with Gasteiger partial charge in [-0.15, -0.1) is 0 Å². The van der Waals surface area contributed by atoms with Gasteiger partial charge in [-0.1, -0.05) is 24.3 Å². The van der Waals surface area contributed by atoms with Crippen LogP contribution in [0.25, 0.3) is 33.7 Å². The summed E-state index contributed by atoms with van der Waals surface area (Å²) in [6, 6.07) is 18.1. The molecule has 0 aliphatic carbocycles. The van der Waals surface area contributed by atoms with E-state index in [1.807, 2.05) is 43.3 Å². The second-order valence-electron chi connectivity index (χ2n) is 9.69. The number of fused-ring (bicyclic) bond motifs is 1. The van der Waals surface area contributed by atoms with E-state index in [-0.39, 0.29) is 11.9 Å². The molecule has 37 heavy (non-hydrogen) atoms. The number of rotatable bonds is 5. The largest absolute Gasteiger partial charge is 0.469 e. The zero-order valence-electron chi connectivity index (χ0n) is 21.4. The van der Waals surface area contributed by atoms with Crippen molar-refractivity contribution in [2.24, 2.45) is 5.92 Å². The second kappa shape index (κ2) is 10.1. The van der Waals surface area contributed by atoms with E-state index in [1.54, 1.807) is 0 Å². The Labute approximate surface area is 216 Å². The lowest BCUT2D eigenvalue weighted by Gasteiger charge is -2.30. The number of ether oxygens (including phenoxy) is 1. The average Bonchev–Trinajstić information content (AvgIpc) is 3.34. The van der Waals surface area contributed by atoms with Crippen LogP contribution in [0.4, 0.5) is 5.69 Å². The summed E-state index contributed by atoms with van der Waals surface area (Å²) in [6.45, 7) is 6.37. The molecule has 2 N–H and O–H groups in total. The molecule has 0 unspecified atom stereocenters. The van der Waals surface area contributed by atoms with Gasteiger partial charge in [-0.05, 0) is 91.9 Å². The Bertz CT molecular complexity index is 1520. The molecule has 5 rings (SSSR count). The third-order valence-corrected chi connectivity index (χ3v) is 7.43. The Morgan fingerprint density at radius 2 is 1.78 bits per heavy atom. The van der Waals surface area contributed by atoms with Crippen LogP contribution in [0.3, 0.4) is 0 Å². The third-order valence-electron chi connectivity index (χ3n) is 7.43. The van der Waals surface area contributed by atoms with E-state index in [4.69, 9.17) is 19.9 Å². The summed E-state index contributed by atoms with van der Waals surface area (Å²) in [7, 11) is 1.44. The maximum Gasteiger partial charge on any atom is 0.308 e. The summed E-state index contributed by atoms with van der Waals surface area (Å²) in [5, 5.41) is 9.86. The Hall–Kier alpha value is -4.15. The van der Waals surface area contributed by atoms with Gasteiger partial charge in [0.15, 0.2) is 5.58 Å². The molecule has 4 aromatic rings. The highest BCUT2D eigenvalue weighted by atomic mass is 16.5. The Kier molecular flexibility index (Phi) is 6.68. The van der Waals surface area contributed by atoms with Gasteiger partial charge in [-0.2, -0.15) is 5.26 Å². The summed E-state index contributed by atoms with van der Waals surface area (Å²) in [6.07, 6.45) is 1.55. The molecule has 1 aromatic heterocycles. The van der Waals surface area contributed by atoms with Crippen molar-refractivity contribution in [2.45, 2.75) is 33.2 Å². The molecule has 1 aliphatic rings. The zero-order chi connectivity index (χ0) is 26.1. The summed E-state index contributed by atoms with van der Waals surface area (Å²) in [5.74, 6) is 0.322. The number of carbonyl (C=O) groups is 1. The molecule has 0 saturated carbocycles. The standard InChI is InChI=1S/C30H30N4O3/c1-18-23(24-7-5-9-26(32)19(24)2)6-4-8-25(18)29-33-27-15-20(14-22(16-31)28(27)37-29)17-34-12-10-21(11-13-34)30(35)36-3/h4-9,14-15,21H,10-13,17,32H2,1-3H3. The lowest BCUT2D eigenvalue weighted by atomic mass is 9.93. The third kappa shape index (κ3) is 4.68. The van der Waals surface area contributed by atoms with Crippen LogP contribution in [0.1, 0.15) is 35.1 Å². The molecular weight excluding hydrogens is 464 g/mol. The number of likely N-dealkylation sites (tertiary alicyclic amines) is 1. The predicted molar refractivity (Wildman–Crippen MR) is 143 cm³/mol. The first-order chi connectivity index (χ1) is 17.9. The van der Waals surface area contributed by atoms with E-state index in [9.17, 15) is 10.1 Å². The molecule has 0 atom stereocenters. The first-order valence-electron chi connectivity index (χ1n) is 12.5. The molecule has 1 fully saturated rings. The maximum absolute atomic E-state index is 11.8. The molecule has 0 bridgehead atoms. The number of anilines is 1. The van der Waals surface area contributed by atoms with Gasteiger partial charge in [0.1, 0.15) is 11.6 Å². The number of methoxy groups -OCH3 is 1. The van der Waals surface area contributed by atoms with E-state index in [0.29, 0.717) is 29.1 Å². The number of nitrogens with two attached hydrogens (primary N) is 1. The van der Waals surface area contributed by atoms with Crippen molar-refractivity contribution >= 4 is 22.8 Å². The maximum atomic E-state index is 11.8. The summed E-state index contributed by atoms with van der Waals surface area (Å²) >= 11 is 0. The monoisotopic (exact) mass is 494 g/mol. The number of piperidine rings is 1. The smallest absolute Gasteiger partial charge is 0.308 e. The van der Waals surface area contributed by atoms with Crippen LogP contribution in [-0.4, -0.2) is 36.1 Å². The Morgan fingerprint density at radius 3 is 2.49 bits per heavy atom. The van der Waals surface area contributed by atoms with Crippen LogP contribution in [0.2, 0.25) is 0 Å². The number of esters is 1. The lowest BCUT2D eigenvalue weighted by molar-refractivity contribution is -0.147. The minimum absolute atomic E-state index is 0.0355. The minimum atomic E-state index is -0.131. The highest BCUT2D eigenvalue weighted by Gasteiger charge is 2.26. The fourth-order valence-corrected chi connectivity index (χ4v) is 5.24. The van der Waals surface area contributed by atoms with Gasteiger partial charge in [0.2, 0.25) is 5.89 Å². The number of nitrogens with zero attached hydrogens (tertiary/aromatic N) is 3. The fraction of sp³-hybridized carbons (Fsp3) is 0.300. The molecule has 1 aliphatic heterocycles. The number of hydrogen-bond donors (Lipinski definition) is 1. The van der Waals surface area contributed by atoms with E-state index in [1.165, 1.54) is 7.11 Å². The van der Waals surface area contributed by atoms with Crippen LogP contribution in [0.5, 0.6) is 0 Å². The number of aromatic nitrogens is 1. The van der Waals surface area contributed by atoms with Crippen LogP contribution >= 0.6 is 0 Å². The average molecular weight is 495 g/mol. The van der Waals surface area contributed by atoms with Gasteiger partial charge in [-0.25, -0.2) is 4.98 Å². The molecule has 188 valence electrons. The van der Waals surface area contributed by atoms with Crippen LogP contribution in [-0.2, 0) is 16.1 Å². The molecule has 7 nitrogen and oxygen atoms in total. The molecule has 3 aromatic carbocycles. The highest BCUT2D eigenvalue weighted by molar-refractivity contribution is 5.85. The predicted octanol–water partition coefficient (Wildman–Crippen LogP) is 5.62. The van der Waals surface area contributed by atoms with Crippen molar-refractivity contribution < 1.29 is 13.9 Å². The van der Waals surface area contributed by atoms with Gasteiger partial charge in [0.05, 0.1) is 18.6 Å². The number of nitriles is 1. The summed E-state index contributed by atoms with van der Waals surface area (Å²) in [5.41, 5.74) is 14.6. The number of oxazole rings is 1. The molecule has 0 radical (unpaired) electrons. The van der Waals surface area contributed by atoms with Crippen molar-refractivity contribution in [2.75, 3.05) is 25.9 Å². The molecule has 7 heteroatoms. The minimum Gasteiger partial charge on any atom is -0.469 e. The summed E-state index contributed by atoms with van der Waals surface area (Å²) in [4.78, 5) is 18.9. The Morgan fingerprint density at radius 1 is 1.11 bits per heavy atom. The van der Waals surface area contributed by atoms with Gasteiger partial charge in [0, 0.05) is 17.8 Å². The van der Waals surface area contributed by atoms with Crippen molar-refractivity contribution in [1.82, 2.24) is 9.88 Å². The normalized spacial score (nSPS) is 14.5. The van der Waals surface area contributed by atoms with Crippen LogP contribution in [0.15, 0.2) is 52.9 Å². The highest BCUT2D eigenvalue weighted by Crippen LogP contribution is 2.36. The first-order valence-corrected chi connectivity index (χ1v) is 12.5. The Balaban J connectivity index is 1.46. The van der Waals surface area contributed by atoms with E-state index in [2.05, 4.69) is 30.0 Å². The van der Waals surface area contributed by atoms with Crippen molar-refractivity contribution in [3.05, 3.63) is 70.8 Å². The van der Waals surface area contributed by atoms with Gasteiger partial charge in [0.25, 0.3) is 0 Å². The van der Waals surface area contributed by atoms with Crippen LogP contribution in [0, 0.1) is 31.1 Å².